The van der Waals surface area contributed by atoms with Crippen LogP contribution >= 0.6 is 15.9 Å². The molecule has 0 spiro atoms. The molecule has 1 N–H and O–H groups in total. The van der Waals surface area contributed by atoms with E-state index in [4.69, 9.17) is 0 Å². The summed E-state index contributed by atoms with van der Waals surface area (Å²) in [6, 6.07) is 11.7. The molecule has 8 nitrogen and oxygen atoms in total. The molecule has 2 rings (SSSR count). The quantitative estimate of drug-likeness (QED) is 0.395. The lowest BCUT2D eigenvalue weighted by Gasteiger charge is -2.33. The number of hydrogen-bond donors (Lipinski definition) is 1. The van der Waals surface area contributed by atoms with Gasteiger partial charge in [0.2, 0.25) is 11.8 Å². The number of halogens is 2. The molecule has 1 atom stereocenters. The van der Waals surface area contributed by atoms with Crippen LogP contribution in [0.1, 0.15) is 32.3 Å². The number of nitrogens with zero attached hydrogens (tertiary/aromatic N) is 3. The van der Waals surface area contributed by atoms with E-state index in [2.05, 4.69) is 21.2 Å². The minimum absolute atomic E-state index is 0.0710. The van der Waals surface area contributed by atoms with Gasteiger partial charge in [0, 0.05) is 31.7 Å². The Morgan fingerprint density at radius 1 is 1.09 bits per heavy atom. The normalized spacial score (nSPS) is 12.3. The monoisotopic (exact) mass is 570 g/mol. The van der Waals surface area contributed by atoms with Crippen molar-refractivity contribution in [3.63, 3.8) is 0 Å². The van der Waals surface area contributed by atoms with Crippen molar-refractivity contribution < 1.29 is 22.4 Å². The summed E-state index contributed by atoms with van der Waals surface area (Å²) in [5, 5.41) is 2.82. The van der Waals surface area contributed by atoms with Gasteiger partial charge in [0.1, 0.15) is 18.4 Å². The summed E-state index contributed by atoms with van der Waals surface area (Å²) in [4.78, 5) is 27.7. The van der Waals surface area contributed by atoms with E-state index in [0.29, 0.717) is 6.54 Å². The van der Waals surface area contributed by atoms with E-state index >= 15 is 0 Å². The first-order valence-corrected chi connectivity index (χ1v) is 13.4. The minimum atomic E-state index is -4.21. The molecule has 0 fully saturated rings. The van der Waals surface area contributed by atoms with E-state index in [1.54, 1.807) is 19.1 Å². The van der Waals surface area contributed by atoms with Gasteiger partial charge in [-0.2, -0.15) is 12.7 Å². The van der Waals surface area contributed by atoms with Crippen molar-refractivity contribution in [2.75, 3.05) is 31.5 Å². The van der Waals surface area contributed by atoms with E-state index < -0.39 is 34.5 Å². The second-order valence-corrected chi connectivity index (χ2v) is 11.2. The van der Waals surface area contributed by atoms with Gasteiger partial charge in [-0.15, -0.1) is 0 Å². The van der Waals surface area contributed by atoms with E-state index in [9.17, 15) is 22.4 Å². The average Bonchev–Trinajstić information content (AvgIpc) is 2.82. The zero-order valence-corrected chi connectivity index (χ0v) is 22.8. The molecule has 0 aliphatic carbocycles. The predicted octanol–water partition coefficient (Wildman–Crippen LogP) is 3.53. The number of anilines is 1. The molecule has 0 saturated carbocycles. The van der Waals surface area contributed by atoms with Gasteiger partial charge in [-0.3, -0.25) is 9.59 Å². The minimum Gasteiger partial charge on any atom is -0.354 e. The SMILES string of the molecule is CCCCNC(=O)[C@H](C)N(Cc1ccc(Br)cc1)C(=O)CN(c1ccccc1F)S(=O)(=O)N(C)C. The van der Waals surface area contributed by atoms with E-state index in [1.165, 1.54) is 37.2 Å². The number of hydrogen-bond acceptors (Lipinski definition) is 4. The molecule has 2 amide bonds. The Hall–Kier alpha value is -2.50. The highest BCUT2D eigenvalue weighted by molar-refractivity contribution is 9.10. The molecule has 35 heavy (non-hydrogen) atoms. The van der Waals surface area contributed by atoms with Crippen LogP contribution in [0.15, 0.2) is 53.0 Å². The lowest BCUT2D eigenvalue weighted by Crippen LogP contribution is -2.52. The fourth-order valence-electron chi connectivity index (χ4n) is 3.26. The molecule has 0 saturated heterocycles. The number of amides is 2. The van der Waals surface area contributed by atoms with Gasteiger partial charge in [-0.05, 0) is 43.2 Å². The summed E-state index contributed by atoms with van der Waals surface area (Å²) < 4.78 is 43.2. The average molecular weight is 572 g/mol. The Bertz CT molecular complexity index is 1110. The Labute approximate surface area is 215 Å². The molecule has 2 aromatic rings. The summed E-state index contributed by atoms with van der Waals surface area (Å²) in [5.74, 6) is -1.77. The second-order valence-electron chi connectivity index (χ2n) is 8.22. The first-order valence-electron chi connectivity index (χ1n) is 11.2. The number of nitrogens with one attached hydrogen (secondary N) is 1. The third-order valence-electron chi connectivity index (χ3n) is 5.40. The van der Waals surface area contributed by atoms with Gasteiger partial charge in [-0.25, -0.2) is 8.70 Å². The molecule has 0 bridgehead atoms. The van der Waals surface area contributed by atoms with Crippen molar-refractivity contribution in [3.05, 3.63) is 64.4 Å². The molecular formula is C24H32BrFN4O4S. The van der Waals surface area contributed by atoms with Crippen LogP contribution in [0.4, 0.5) is 10.1 Å². The highest BCUT2D eigenvalue weighted by atomic mass is 79.9. The molecule has 0 radical (unpaired) electrons. The van der Waals surface area contributed by atoms with E-state index in [0.717, 1.165) is 37.6 Å². The Morgan fingerprint density at radius 3 is 2.29 bits per heavy atom. The summed E-state index contributed by atoms with van der Waals surface area (Å²) in [7, 11) is -1.61. The van der Waals surface area contributed by atoms with Crippen LogP contribution in [-0.4, -0.2) is 62.7 Å². The molecular weight excluding hydrogens is 539 g/mol. The predicted molar refractivity (Wildman–Crippen MR) is 138 cm³/mol. The highest BCUT2D eigenvalue weighted by Gasteiger charge is 2.33. The molecule has 11 heteroatoms. The smallest absolute Gasteiger partial charge is 0.304 e. The maximum absolute atomic E-state index is 14.6. The zero-order chi connectivity index (χ0) is 26.2. The third kappa shape index (κ3) is 7.74. The van der Waals surface area contributed by atoms with Gasteiger partial charge in [0.15, 0.2) is 0 Å². The van der Waals surface area contributed by atoms with Crippen molar-refractivity contribution in [2.45, 2.75) is 39.3 Å². The number of carbonyl (C=O) groups is 2. The van der Waals surface area contributed by atoms with Crippen LogP contribution in [0.3, 0.4) is 0 Å². The van der Waals surface area contributed by atoms with Gasteiger partial charge in [0.25, 0.3) is 0 Å². The Balaban J connectivity index is 2.42. The number of unbranched alkanes of at least 4 members (excludes halogenated alkanes) is 1. The third-order valence-corrected chi connectivity index (χ3v) is 7.74. The first kappa shape index (κ1) is 28.7. The fourth-order valence-corrected chi connectivity index (χ4v) is 4.59. The molecule has 0 heterocycles. The van der Waals surface area contributed by atoms with Crippen LogP contribution in [-0.2, 0) is 26.3 Å². The number of rotatable bonds is 12. The molecule has 2 aromatic carbocycles. The van der Waals surface area contributed by atoms with E-state index in [-0.39, 0.29) is 18.1 Å². The van der Waals surface area contributed by atoms with Crippen LogP contribution < -0.4 is 9.62 Å². The summed E-state index contributed by atoms with van der Waals surface area (Å²) in [6.45, 7) is 3.45. The van der Waals surface area contributed by atoms with E-state index in [1.807, 2.05) is 19.1 Å². The van der Waals surface area contributed by atoms with Crippen LogP contribution in [0.5, 0.6) is 0 Å². The van der Waals surface area contributed by atoms with Crippen LogP contribution in [0, 0.1) is 5.82 Å². The second kappa shape index (κ2) is 13.0. The highest BCUT2D eigenvalue weighted by Crippen LogP contribution is 2.24. The molecule has 0 unspecified atom stereocenters. The summed E-state index contributed by atoms with van der Waals surface area (Å²) in [6.07, 6.45) is 1.69. The molecule has 0 aliphatic rings. The van der Waals surface area contributed by atoms with Gasteiger partial charge in [0.05, 0.1) is 5.69 Å². The molecule has 0 aromatic heterocycles. The van der Waals surface area contributed by atoms with Gasteiger partial charge < -0.3 is 10.2 Å². The summed E-state index contributed by atoms with van der Waals surface area (Å²) >= 11 is 3.37. The maximum Gasteiger partial charge on any atom is 0.304 e. The van der Waals surface area contributed by atoms with Crippen molar-refractivity contribution >= 4 is 43.6 Å². The fraction of sp³-hybridized carbons (Fsp3) is 0.417. The lowest BCUT2D eigenvalue weighted by molar-refractivity contribution is -0.139. The molecule has 0 aliphatic heterocycles. The molecule has 192 valence electrons. The summed E-state index contributed by atoms with van der Waals surface area (Å²) in [5.41, 5.74) is 0.501. The zero-order valence-electron chi connectivity index (χ0n) is 20.4. The van der Waals surface area contributed by atoms with Gasteiger partial charge in [-0.1, -0.05) is 53.5 Å². The van der Waals surface area contributed by atoms with Crippen LogP contribution in [0.2, 0.25) is 0 Å². The Morgan fingerprint density at radius 2 is 1.71 bits per heavy atom. The van der Waals surface area contributed by atoms with Crippen molar-refractivity contribution in [1.82, 2.24) is 14.5 Å². The lowest BCUT2D eigenvalue weighted by atomic mass is 10.1. The standard InChI is InChI=1S/C24H32BrFN4O4S/c1-5-6-15-27-24(32)18(2)29(16-19-11-13-20(25)14-12-19)23(31)17-30(35(33,34)28(3)4)22-10-8-7-9-21(22)26/h7-14,18H,5-6,15-17H2,1-4H3,(H,27,32)/t18-/m0/s1. The van der Waals surface area contributed by atoms with Crippen LogP contribution in [0.25, 0.3) is 0 Å². The topological polar surface area (TPSA) is 90.0 Å². The van der Waals surface area contributed by atoms with Crippen molar-refractivity contribution in [2.24, 2.45) is 0 Å². The largest absolute Gasteiger partial charge is 0.354 e. The number of benzene rings is 2. The maximum atomic E-state index is 14.6. The Kier molecular flexibility index (Phi) is 10.7. The van der Waals surface area contributed by atoms with Crippen molar-refractivity contribution in [3.8, 4) is 0 Å². The van der Waals surface area contributed by atoms with Gasteiger partial charge >= 0.3 is 10.2 Å². The number of carbonyl (C=O) groups excluding carboxylic acids is 2. The van der Waals surface area contributed by atoms with Crippen molar-refractivity contribution in [1.29, 1.82) is 0 Å². The number of para-hydroxylation sites is 1. The first-order chi connectivity index (χ1) is 16.5.